The third kappa shape index (κ3) is 1.31. The first-order chi connectivity index (χ1) is 3.79. The summed E-state index contributed by atoms with van der Waals surface area (Å²) in [6.07, 6.45) is 4.96. The average molecular weight is 109 g/mol. The van der Waals surface area contributed by atoms with Crippen LogP contribution >= 0.6 is 0 Å². The van der Waals surface area contributed by atoms with Gasteiger partial charge in [0.05, 0.1) is 0 Å². The second-order valence-electron chi connectivity index (χ2n) is 2.84. The fourth-order valence-corrected chi connectivity index (χ4v) is 1.13. The van der Waals surface area contributed by atoms with Crippen molar-refractivity contribution in [2.45, 2.75) is 32.6 Å². The summed E-state index contributed by atoms with van der Waals surface area (Å²) in [5.74, 6) is 0.919. The van der Waals surface area contributed by atoms with Crippen molar-refractivity contribution in [3.63, 3.8) is 0 Å². The summed E-state index contributed by atoms with van der Waals surface area (Å²) in [5, 5.41) is 0. The molecule has 0 heterocycles. The van der Waals surface area contributed by atoms with Crippen LogP contribution < -0.4 is 0 Å². The Bertz CT molecular complexity index is 82.2. The summed E-state index contributed by atoms with van der Waals surface area (Å²) < 4.78 is 0. The SMILES string of the molecule is [CH+]=C1CCC(C)CC1. The maximum atomic E-state index is 5.61. The molecule has 44 valence electrons. The third-order valence-electron chi connectivity index (χ3n) is 1.92. The molecule has 1 saturated carbocycles. The Balaban J connectivity index is 2.29. The van der Waals surface area contributed by atoms with Gasteiger partial charge in [-0.2, -0.15) is 0 Å². The Morgan fingerprint density at radius 2 is 1.88 bits per heavy atom. The normalized spacial score (nSPS) is 30.5. The van der Waals surface area contributed by atoms with Gasteiger partial charge in [-0.05, 0) is 18.8 Å². The van der Waals surface area contributed by atoms with Crippen LogP contribution in [0.3, 0.4) is 0 Å². The first-order valence-corrected chi connectivity index (χ1v) is 3.39. The summed E-state index contributed by atoms with van der Waals surface area (Å²) >= 11 is 0. The van der Waals surface area contributed by atoms with Crippen molar-refractivity contribution in [2.24, 2.45) is 5.92 Å². The van der Waals surface area contributed by atoms with Crippen LogP contribution in [0.1, 0.15) is 32.6 Å². The molecule has 0 aliphatic heterocycles. The van der Waals surface area contributed by atoms with Gasteiger partial charge in [-0.3, -0.25) is 0 Å². The Hall–Kier alpha value is -0.350. The van der Waals surface area contributed by atoms with Gasteiger partial charge < -0.3 is 0 Å². The molecule has 0 aromatic rings. The summed E-state index contributed by atoms with van der Waals surface area (Å²) in [5.41, 5.74) is 1.21. The van der Waals surface area contributed by atoms with Gasteiger partial charge >= 0.3 is 0 Å². The second-order valence-corrected chi connectivity index (χ2v) is 2.84. The van der Waals surface area contributed by atoms with Crippen LogP contribution in [0.2, 0.25) is 0 Å². The van der Waals surface area contributed by atoms with Crippen molar-refractivity contribution in [1.82, 2.24) is 0 Å². The minimum absolute atomic E-state index is 0.919. The zero-order valence-corrected chi connectivity index (χ0v) is 5.48. The molecular weight excluding hydrogens is 96.1 g/mol. The van der Waals surface area contributed by atoms with Gasteiger partial charge in [0.1, 0.15) is 0 Å². The summed E-state index contributed by atoms with van der Waals surface area (Å²) in [7, 11) is 0. The zero-order chi connectivity index (χ0) is 5.98. The standard InChI is InChI=1S/C8H13/c1-7-3-5-8(2)6-4-7/h1,8H,3-6H2,2H3/q+1. The van der Waals surface area contributed by atoms with Gasteiger partial charge in [-0.1, -0.05) is 6.92 Å². The van der Waals surface area contributed by atoms with E-state index in [0.717, 1.165) is 5.92 Å². The van der Waals surface area contributed by atoms with E-state index in [1.54, 1.807) is 0 Å². The second kappa shape index (κ2) is 2.28. The molecule has 0 heteroatoms. The molecule has 0 N–H and O–H groups in total. The molecule has 0 saturated heterocycles. The monoisotopic (exact) mass is 109 g/mol. The first-order valence-electron chi connectivity index (χ1n) is 3.39. The van der Waals surface area contributed by atoms with Crippen LogP contribution in [0.15, 0.2) is 5.57 Å². The van der Waals surface area contributed by atoms with E-state index in [1.807, 2.05) is 0 Å². The molecule has 1 aliphatic carbocycles. The molecule has 0 amide bonds. The fraction of sp³-hybridized carbons (Fsp3) is 0.750. The van der Waals surface area contributed by atoms with Crippen LogP contribution in [0.25, 0.3) is 0 Å². The van der Waals surface area contributed by atoms with Gasteiger partial charge in [0.15, 0.2) is 5.57 Å². The molecule has 0 nitrogen and oxygen atoms in total. The average Bonchev–Trinajstić information content (AvgIpc) is 1.77. The van der Waals surface area contributed by atoms with Crippen LogP contribution in [-0.2, 0) is 0 Å². The van der Waals surface area contributed by atoms with Gasteiger partial charge in [-0.25, -0.2) is 0 Å². The minimum atomic E-state index is 0.919. The van der Waals surface area contributed by atoms with Crippen molar-refractivity contribution in [1.29, 1.82) is 0 Å². The third-order valence-corrected chi connectivity index (χ3v) is 1.92. The summed E-state index contributed by atoms with van der Waals surface area (Å²) in [6.45, 7) is 7.91. The topological polar surface area (TPSA) is 0 Å². The van der Waals surface area contributed by atoms with Gasteiger partial charge in [0.2, 0.25) is 6.58 Å². The van der Waals surface area contributed by atoms with Crippen molar-refractivity contribution < 1.29 is 0 Å². The Labute approximate surface area is 51.6 Å². The van der Waals surface area contributed by atoms with E-state index in [4.69, 9.17) is 6.58 Å². The van der Waals surface area contributed by atoms with Crippen molar-refractivity contribution >= 4 is 0 Å². The van der Waals surface area contributed by atoms with Crippen LogP contribution in [0.5, 0.6) is 0 Å². The zero-order valence-electron chi connectivity index (χ0n) is 5.48. The molecule has 0 unspecified atom stereocenters. The molecule has 8 heavy (non-hydrogen) atoms. The van der Waals surface area contributed by atoms with Crippen LogP contribution in [-0.4, -0.2) is 0 Å². The maximum Gasteiger partial charge on any atom is 0.205 e. The Morgan fingerprint density at radius 3 is 2.25 bits per heavy atom. The van der Waals surface area contributed by atoms with Crippen LogP contribution in [0, 0.1) is 12.5 Å². The minimum Gasteiger partial charge on any atom is -0.0625 e. The molecule has 0 radical (unpaired) electrons. The molecule has 0 spiro atoms. The van der Waals surface area contributed by atoms with Crippen LogP contribution in [0.4, 0.5) is 0 Å². The highest BCUT2D eigenvalue weighted by atomic mass is 14.1. The van der Waals surface area contributed by atoms with Crippen molar-refractivity contribution in [2.75, 3.05) is 0 Å². The van der Waals surface area contributed by atoms with E-state index in [1.165, 1.54) is 31.3 Å². The molecular formula is C8H13+. The molecule has 1 aliphatic rings. The van der Waals surface area contributed by atoms with E-state index < -0.39 is 0 Å². The lowest BCUT2D eigenvalue weighted by atomic mass is 9.88. The number of rotatable bonds is 0. The molecule has 1 fully saturated rings. The molecule has 0 aromatic carbocycles. The van der Waals surface area contributed by atoms with E-state index >= 15 is 0 Å². The molecule has 1 rings (SSSR count). The van der Waals surface area contributed by atoms with E-state index in [-0.39, 0.29) is 0 Å². The van der Waals surface area contributed by atoms with E-state index in [2.05, 4.69) is 6.92 Å². The van der Waals surface area contributed by atoms with E-state index in [0.29, 0.717) is 0 Å². The smallest absolute Gasteiger partial charge is 0.0625 e. The first kappa shape index (κ1) is 5.78. The molecule has 0 atom stereocenters. The molecule has 0 aromatic heterocycles. The lowest BCUT2D eigenvalue weighted by Gasteiger charge is -2.13. The fourth-order valence-electron chi connectivity index (χ4n) is 1.13. The number of hydrogen-bond donors (Lipinski definition) is 0. The van der Waals surface area contributed by atoms with Gasteiger partial charge in [0, 0.05) is 12.8 Å². The number of allylic oxidation sites excluding steroid dienone is 1. The molecule has 0 bridgehead atoms. The van der Waals surface area contributed by atoms with E-state index in [9.17, 15) is 0 Å². The lowest BCUT2D eigenvalue weighted by Crippen LogP contribution is -2.02. The highest BCUT2D eigenvalue weighted by molar-refractivity contribution is 4.94. The Kier molecular flexibility index (Phi) is 1.65. The summed E-state index contributed by atoms with van der Waals surface area (Å²) in [4.78, 5) is 0. The predicted octanol–water partition coefficient (Wildman–Crippen LogP) is 2.56. The largest absolute Gasteiger partial charge is 0.205 e. The highest BCUT2D eigenvalue weighted by Crippen LogP contribution is 2.25. The predicted molar refractivity (Wildman–Crippen MR) is 35.4 cm³/mol. The van der Waals surface area contributed by atoms with Crippen molar-refractivity contribution in [3.05, 3.63) is 12.2 Å². The quantitative estimate of drug-likeness (QED) is 0.419. The number of hydrogen-bond acceptors (Lipinski definition) is 0. The maximum absolute atomic E-state index is 5.61. The highest BCUT2D eigenvalue weighted by Gasteiger charge is 2.15. The Morgan fingerprint density at radius 1 is 1.38 bits per heavy atom. The van der Waals surface area contributed by atoms with Gasteiger partial charge in [0.25, 0.3) is 0 Å². The van der Waals surface area contributed by atoms with Crippen molar-refractivity contribution in [3.8, 4) is 0 Å². The van der Waals surface area contributed by atoms with Gasteiger partial charge in [-0.15, -0.1) is 0 Å². The lowest BCUT2D eigenvalue weighted by molar-refractivity contribution is 0.444. The summed E-state index contributed by atoms with van der Waals surface area (Å²) in [6, 6.07) is 0.